The van der Waals surface area contributed by atoms with Crippen LogP contribution in [0.5, 0.6) is 0 Å². The maximum atomic E-state index is 11.9. The van der Waals surface area contributed by atoms with Gasteiger partial charge in [-0.1, -0.05) is 17.7 Å². The molecule has 0 aliphatic carbocycles. The molecule has 0 heterocycles. The topological polar surface area (TPSA) is 29.1 Å². The third-order valence-corrected chi connectivity index (χ3v) is 3.26. The van der Waals surface area contributed by atoms with Crippen LogP contribution >= 0.6 is 11.8 Å². The molecular formula is C14H21NOS. The van der Waals surface area contributed by atoms with Crippen molar-refractivity contribution in [3.8, 4) is 0 Å². The number of thioether (sulfide) groups is 1. The third kappa shape index (κ3) is 5.26. The number of carbonyl (C=O) groups is 1. The second-order valence-corrected chi connectivity index (χ2v) is 6.73. The fraction of sp³-hybridized carbons (Fsp3) is 0.500. The molecule has 17 heavy (non-hydrogen) atoms. The van der Waals surface area contributed by atoms with Gasteiger partial charge in [-0.05, 0) is 46.8 Å². The van der Waals surface area contributed by atoms with Crippen LogP contribution in [0, 0.1) is 6.92 Å². The van der Waals surface area contributed by atoms with Gasteiger partial charge in [0.2, 0.25) is 5.91 Å². The van der Waals surface area contributed by atoms with Crippen molar-refractivity contribution in [1.29, 1.82) is 0 Å². The molecule has 2 nitrogen and oxygen atoms in total. The minimum Gasteiger partial charge on any atom is -0.351 e. The summed E-state index contributed by atoms with van der Waals surface area (Å²) in [5.41, 5.74) is 1.05. The second kappa shape index (κ2) is 5.58. The molecule has 0 saturated heterocycles. The fourth-order valence-electron chi connectivity index (χ4n) is 1.42. The van der Waals surface area contributed by atoms with Gasteiger partial charge < -0.3 is 5.32 Å². The normalized spacial score (nSPS) is 13.2. The Labute approximate surface area is 108 Å². The number of benzene rings is 1. The molecule has 0 fully saturated rings. The molecule has 1 rings (SSSR count). The summed E-state index contributed by atoms with van der Waals surface area (Å²) >= 11 is 1.59. The van der Waals surface area contributed by atoms with Crippen LogP contribution in [0.15, 0.2) is 29.2 Å². The largest absolute Gasteiger partial charge is 0.351 e. The summed E-state index contributed by atoms with van der Waals surface area (Å²) in [6.45, 7) is 9.98. The monoisotopic (exact) mass is 251 g/mol. The quantitative estimate of drug-likeness (QED) is 0.834. The van der Waals surface area contributed by atoms with Crippen LogP contribution in [0.25, 0.3) is 0 Å². The van der Waals surface area contributed by atoms with Crippen molar-refractivity contribution in [2.24, 2.45) is 0 Å². The number of hydrogen-bond donors (Lipinski definition) is 1. The Hall–Kier alpha value is -0.960. The van der Waals surface area contributed by atoms with E-state index in [1.807, 2.05) is 39.8 Å². The smallest absolute Gasteiger partial charge is 0.233 e. The Bertz CT molecular complexity index is 395. The van der Waals surface area contributed by atoms with Crippen LogP contribution < -0.4 is 5.32 Å². The highest BCUT2D eigenvalue weighted by atomic mass is 32.2. The van der Waals surface area contributed by atoms with Gasteiger partial charge in [-0.3, -0.25) is 4.79 Å². The van der Waals surface area contributed by atoms with E-state index in [1.54, 1.807) is 11.8 Å². The second-order valence-electron chi connectivity index (χ2n) is 5.32. The summed E-state index contributed by atoms with van der Waals surface area (Å²) in [5.74, 6) is 0.0870. The van der Waals surface area contributed by atoms with Crippen LogP contribution in [0.1, 0.15) is 33.3 Å². The predicted molar refractivity (Wildman–Crippen MR) is 74.4 cm³/mol. The van der Waals surface area contributed by atoms with Crippen LogP contribution in [0.4, 0.5) is 0 Å². The summed E-state index contributed by atoms with van der Waals surface area (Å²) < 4.78 is 0. The SMILES string of the molecule is Cc1cccc(SC(C)C(=O)NC(C)(C)C)c1. The molecule has 1 amide bonds. The number of aryl methyl sites for hydroxylation is 1. The van der Waals surface area contributed by atoms with E-state index in [4.69, 9.17) is 0 Å². The Kier molecular flexibility index (Phi) is 4.63. The number of hydrogen-bond acceptors (Lipinski definition) is 2. The molecule has 0 aliphatic rings. The van der Waals surface area contributed by atoms with Gasteiger partial charge in [-0.15, -0.1) is 11.8 Å². The molecule has 0 aliphatic heterocycles. The lowest BCUT2D eigenvalue weighted by Crippen LogP contribution is -2.44. The standard InChI is InChI=1S/C14H21NOS/c1-10-7-6-8-12(9-10)17-11(2)13(16)15-14(3,4)5/h6-9,11H,1-5H3,(H,15,16). The molecule has 94 valence electrons. The highest BCUT2D eigenvalue weighted by Crippen LogP contribution is 2.24. The van der Waals surface area contributed by atoms with Gasteiger partial charge in [0, 0.05) is 10.4 Å². The summed E-state index contributed by atoms with van der Waals surface area (Å²) in [5, 5.41) is 2.92. The summed E-state index contributed by atoms with van der Waals surface area (Å²) in [6.07, 6.45) is 0. The zero-order valence-corrected chi connectivity index (χ0v) is 12.0. The summed E-state index contributed by atoms with van der Waals surface area (Å²) in [7, 11) is 0. The lowest BCUT2D eigenvalue weighted by atomic mass is 10.1. The molecule has 1 unspecified atom stereocenters. The average Bonchev–Trinajstić information content (AvgIpc) is 2.14. The first-order valence-corrected chi connectivity index (χ1v) is 6.71. The van der Waals surface area contributed by atoms with Crippen molar-refractivity contribution in [1.82, 2.24) is 5.32 Å². The van der Waals surface area contributed by atoms with Crippen LogP contribution in [0.2, 0.25) is 0 Å². The van der Waals surface area contributed by atoms with E-state index in [1.165, 1.54) is 5.56 Å². The van der Waals surface area contributed by atoms with E-state index >= 15 is 0 Å². The van der Waals surface area contributed by atoms with Gasteiger partial charge in [-0.2, -0.15) is 0 Å². The molecule has 1 N–H and O–H groups in total. The van der Waals surface area contributed by atoms with Gasteiger partial charge >= 0.3 is 0 Å². The van der Waals surface area contributed by atoms with Crippen LogP contribution in [-0.2, 0) is 4.79 Å². The molecule has 0 aromatic heterocycles. The first-order chi connectivity index (χ1) is 7.78. The zero-order chi connectivity index (χ0) is 13.1. The Morgan fingerprint density at radius 3 is 2.53 bits per heavy atom. The van der Waals surface area contributed by atoms with Crippen molar-refractivity contribution >= 4 is 17.7 Å². The van der Waals surface area contributed by atoms with Gasteiger partial charge in [0.25, 0.3) is 0 Å². The highest BCUT2D eigenvalue weighted by molar-refractivity contribution is 8.00. The number of carbonyl (C=O) groups excluding carboxylic acids is 1. The molecule has 0 spiro atoms. The van der Waals surface area contributed by atoms with Gasteiger partial charge in [0.1, 0.15) is 0 Å². The fourth-order valence-corrected chi connectivity index (χ4v) is 2.40. The average molecular weight is 251 g/mol. The van der Waals surface area contributed by atoms with Gasteiger partial charge in [0.05, 0.1) is 5.25 Å². The van der Waals surface area contributed by atoms with Gasteiger partial charge in [-0.25, -0.2) is 0 Å². The van der Waals surface area contributed by atoms with Gasteiger partial charge in [0.15, 0.2) is 0 Å². The molecule has 0 bridgehead atoms. The summed E-state index contributed by atoms with van der Waals surface area (Å²) in [4.78, 5) is 13.1. The lowest BCUT2D eigenvalue weighted by Gasteiger charge is -2.23. The van der Waals surface area contributed by atoms with Crippen molar-refractivity contribution < 1.29 is 4.79 Å². The lowest BCUT2D eigenvalue weighted by molar-refractivity contribution is -0.121. The zero-order valence-electron chi connectivity index (χ0n) is 11.2. The van der Waals surface area contributed by atoms with E-state index in [9.17, 15) is 4.79 Å². The number of amides is 1. The van der Waals surface area contributed by atoms with Crippen molar-refractivity contribution in [3.63, 3.8) is 0 Å². The Morgan fingerprint density at radius 1 is 1.35 bits per heavy atom. The number of rotatable bonds is 3. The molecule has 1 aromatic carbocycles. The first kappa shape index (κ1) is 14.1. The molecule has 3 heteroatoms. The first-order valence-electron chi connectivity index (χ1n) is 5.83. The Morgan fingerprint density at radius 2 is 2.00 bits per heavy atom. The van der Waals surface area contributed by atoms with Crippen molar-refractivity contribution in [2.45, 2.75) is 50.3 Å². The molecule has 1 atom stereocenters. The number of nitrogens with one attached hydrogen (secondary N) is 1. The molecule has 0 radical (unpaired) electrons. The van der Waals surface area contributed by atoms with E-state index in [0.29, 0.717) is 0 Å². The third-order valence-electron chi connectivity index (χ3n) is 2.17. The maximum absolute atomic E-state index is 11.9. The Balaban J connectivity index is 2.60. The van der Waals surface area contributed by atoms with Crippen LogP contribution in [0.3, 0.4) is 0 Å². The van der Waals surface area contributed by atoms with E-state index in [0.717, 1.165) is 4.90 Å². The molecular weight excluding hydrogens is 230 g/mol. The highest BCUT2D eigenvalue weighted by Gasteiger charge is 2.19. The van der Waals surface area contributed by atoms with E-state index in [-0.39, 0.29) is 16.7 Å². The van der Waals surface area contributed by atoms with E-state index in [2.05, 4.69) is 24.4 Å². The molecule has 0 saturated carbocycles. The summed E-state index contributed by atoms with van der Waals surface area (Å²) in [6, 6.07) is 8.22. The predicted octanol–water partition coefficient (Wildman–Crippen LogP) is 3.39. The minimum absolute atomic E-state index is 0.0731. The van der Waals surface area contributed by atoms with E-state index < -0.39 is 0 Å². The van der Waals surface area contributed by atoms with Crippen molar-refractivity contribution in [3.05, 3.63) is 29.8 Å². The maximum Gasteiger partial charge on any atom is 0.233 e. The van der Waals surface area contributed by atoms with Crippen LogP contribution in [-0.4, -0.2) is 16.7 Å². The minimum atomic E-state index is -0.168. The molecule has 1 aromatic rings. The van der Waals surface area contributed by atoms with Crippen molar-refractivity contribution in [2.75, 3.05) is 0 Å².